The van der Waals surface area contributed by atoms with Crippen molar-refractivity contribution in [2.45, 2.75) is 118 Å². The zero-order valence-electron chi connectivity index (χ0n) is 21.0. The number of carboxylic acid groups (broad SMARTS) is 1. The van der Waals surface area contributed by atoms with Gasteiger partial charge in [-0.3, -0.25) is 4.79 Å². The molecule has 4 fully saturated rings. The highest BCUT2D eigenvalue weighted by Gasteiger charge is 2.60. The number of fused-ring (bicyclic) bond motifs is 5. The van der Waals surface area contributed by atoms with Gasteiger partial charge >= 0.3 is 0 Å². The lowest BCUT2D eigenvalue weighted by molar-refractivity contribution is -0.129. The molecule has 2 N–H and O–H groups in total. The van der Waals surface area contributed by atoms with Crippen LogP contribution in [-0.2, 0) is 4.79 Å². The predicted molar refractivity (Wildman–Crippen MR) is 128 cm³/mol. The predicted octanol–water partition coefficient (Wildman–Crippen LogP) is 7.17. The highest BCUT2D eigenvalue weighted by molar-refractivity contribution is 5.32. The van der Waals surface area contributed by atoms with E-state index in [1.165, 1.54) is 64.2 Å². The monoisotopic (exact) mass is 434 g/mol. The van der Waals surface area contributed by atoms with Crippen LogP contribution in [0.1, 0.15) is 112 Å². The number of hydrogen-bond acceptors (Lipinski definition) is 2. The van der Waals surface area contributed by atoms with Gasteiger partial charge in [0.15, 0.2) is 0 Å². The van der Waals surface area contributed by atoms with Crippen molar-refractivity contribution in [1.82, 2.24) is 0 Å². The Morgan fingerprint density at radius 3 is 2.23 bits per heavy atom. The third kappa shape index (κ3) is 4.87. The van der Waals surface area contributed by atoms with Gasteiger partial charge in [0.25, 0.3) is 6.47 Å². The molecular weight excluding hydrogens is 384 g/mol. The van der Waals surface area contributed by atoms with Crippen molar-refractivity contribution in [3.05, 3.63) is 0 Å². The van der Waals surface area contributed by atoms with E-state index < -0.39 is 0 Å². The zero-order valence-corrected chi connectivity index (χ0v) is 21.0. The van der Waals surface area contributed by atoms with Gasteiger partial charge in [-0.15, -0.1) is 0 Å². The van der Waals surface area contributed by atoms with Crippen LogP contribution in [0.2, 0.25) is 0 Å². The minimum Gasteiger partial charge on any atom is -0.483 e. The van der Waals surface area contributed by atoms with E-state index in [-0.39, 0.29) is 12.6 Å². The smallest absolute Gasteiger partial charge is 0.290 e. The van der Waals surface area contributed by atoms with E-state index in [9.17, 15) is 5.11 Å². The van der Waals surface area contributed by atoms with Crippen molar-refractivity contribution in [2.75, 3.05) is 0 Å². The minimum atomic E-state index is -0.250. The van der Waals surface area contributed by atoms with Crippen LogP contribution < -0.4 is 0 Å². The fourth-order valence-electron chi connectivity index (χ4n) is 9.26. The van der Waals surface area contributed by atoms with Crippen molar-refractivity contribution in [3.8, 4) is 0 Å². The number of carbonyl (C=O) groups is 1. The summed E-state index contributed by atoms with van der Waals surface area (Å²) in [5, 5.41) is 17.1. The largest absolute Gasteiger partial charge is 0.483 e. The van der Waals surface area contributed by atoms with Crippen molar-refractivity contribution in [1.29, 1.82) is 0 Å². The normalized spacial score (nSPS) is 45.0. The molecule has 0 aromatic heterocycles. The van der Waals surface area contributed by atoms with Crippen LogP contribution >= 0.6 is 0 Å². The Morgan fingerprint density at radius 2 is 1.55 bits per heavy atom. The molecule has 0 bridgehead atoms. The van der Waals surface area contributed by atoms with Gasteiger partial charge in [-0.05, 0) is 110 Å². The van der Waals surface area contributed by atoms with Crippen LogP contribution in [0.15, 0.2) is 0 Å². The number of hydrogen-bond donors (Lipinski definition) is 2. The van der Waals surface area contributed by atoms with E-state index >= 15 is 0 Å². The molecule has 4 aliphatic carbocycles. The molecule has 180 valence electrons. The van der Waals surface area contributed by atoms with Crippen molar-refractivity contribution >= 4 is 6.47 Å². The fraction of sp³-hybridized carbons (Fsp3) is 0.964. The Bertz CT molecular complexity index is 589. The van der Waals surface area contributed by atoms with Crippen molar-refractivity contribution in [2.24, 2.45) is 52.3 Å². The van der Waals surface area contributed by atoms with Crippen LogP contribution in [0, 0.1) is 52.3 Å². The maximum atomic E-state index is 10.3. The average molecular weight is 435 g/mol. The van der Waals surface area contributed by atoms with Gasteiger partial charge in [-0.25, -0.2) is 0 Å². The molecule has 0 radical (unpaired) electrons. The first-order valence-corrected chi connectivity index (χ1v) is 13.4. The topological polar surface area (TPSA) is 57.5 Å². The van der Waals surface area contributed by atoms with E-state index in [0.717, 1.165) is 54.3 Å². The fourth-order valence-corrected chi connectivity index (χ4v) is 9.26. The summed E-state index contributed by atoms with van der Waals surface area (Å²) in [5.74, 6) is 6.49. The van der Waals surface area contributed by atoms with E-state index in [1.54, 1.807) is 0 Å². The second kappa shape index (κ2) is 10.1. The zero-order chi connectivity index (χ0) is 22.8. The molecule has 9 atom stereocenters. The number of rotatable bonds is 5. The molecule has 0 aromatic carbocycles. The summed E-state index contributed by atoms with van der Waals surface area (Å²) in [4.78, 5) is 8.36. The summed E-state index contributed by atoms with van der Waals surface area (Å²) < 4.78 is 0. The first kappa shape index (κ1) is 25.1. The Balaban J connectivity index is 0.000000858. The standard InChI is InChI=1S/C27H48O.CH2O2/c1-18(2)7-6-8-19(3)23-11-12-24-22-10-9-20-17-21(28)13-15-26(20,4)25(22)14-16-27(23,24)5;2-1-3/h18-25,28H,6-17H2,1-5H3;1H,(H,2,3)/t19-,20?,21?,22?,23?,24?,25?,26?,27?;/m1./s1. The van der Waals surface area contributed by atoms with Gasteiger partial charge < -0.3 is 10.2 Å². The third-order valence-corrected chi connectivity index (χ3v) is 10.8. The molecule has 0 aliphatic heterocycles. The van der Waals surface area contributed by atoms with E-state index in [4.69, 9.17) is 9.90 Å². The molecule has 3 nitrogen and oxygen atoms in total. The van der Waals surface area contributed by atoms with Crippen molar-refractivity contribution < 1.29 is 15.0 Å². The molecule has 0 spiro atoms. The van der Waals surface area contributed by atoms with Gasteiger partial charge in [0, 0.05) is 0 Å². The Kier molecular flexibility index (Phi) is 8.20. The summed E-state index contributed by atoms with van der Waals surface area (Å²) in [6, 6.07) is 0. The first-order chi connectivity index (χ1) is 14.7. The molecule has 0 heterocycles. The van der Waals surface area contributed by atoms with Crippen LogP contribution in [-0.4, -0.2) is 22.8 Å². The quantitative estimate of drug-likeness (QED) is 0.451. The number of aliphatic hydroxyl groups is 1. The summed E-state index contributed by atoms with van der Waals surface area (Å²) >= 11 is 0. The summed E-state index contributed by atoms with van der Waals surface area (Å²) in [5.41, 5.74) is 1.15. The molecule has 0 amide bonds. The van der Waals surface area contributed by atoms with Crippen LogP contribution in [0.3, 0.4) is 0 Å². The lowest BCUT2D eigenvalue weighted by atomic mass is 9.44. The van der Waals surface area contributed by atoms with Crippen molar-refractivity contribution in [3.63, 3.8) is 0 Å². The molecular formula is C28H50O3. The van der Waals surface area contributed by atoms with Crippen LogP contribution in [0.5, 0.6) is 0 Å². The van der Waals surface area contributed by atoms with Gasteiger partial charge in [0.2, 0.25) is 0 Å². The molecule has 4 rings (SSSR count). The van der Waals surface area contributed by atoms with Gasteiger partial charge in [-0.2, -0.15) is 0 Å². The van der Waals surface area contributed by atoms with Gasteiger partial charge in [-0.1, -0.05) is 53.9 Å². The van der Waals surface area contributed by atoms with Gasteiger partial charge in [0.1, 0.15) is 0 Å². The second-order valence-corrected chi connectivity index (χ2v) is 12.7. The molecule has 4 saturated carbocycles. The lowest BCUT2D eigenvalue weighted by Gasteiger charge is -2.61. The van der Waals surface area contributed by atoms with Crippen LogP contribution in [0.25, 0.3) is 0 Å². The summed E-state index contributed by atoms with van der Waals surface area (Å²) in [6.07, 6.45) is 16.6. The maximum Gasteiger partial charge on any atom is 0.290 e. The first-order valence-electron chi connectivity index (χ1n) is 13.4. The lowest BCUT2D eigenvalue weighted by Crippen LogP contribution is -2.54. The molecule has 8 unspecified atom stereocenters. The molecule has 31 heavy (non-hydrogen) atoms. The Morgan fingerprint density at radius 1 is 0.903 bits per heavy atom. The Labute approximate surface area is 191 Å². The highest BCUT2D eigenvalue weighted by Crippen LogP contribution is 2.68. The minimum absolute atomic E-state index is 0.00830. The van der Waals surface area contributed by atoms with Crippen LogP contribution in [0.4, 0.5) is 0 Å². The number of aliphatic hydroxyl groups excluding tert-OH is 1. The molecule has 3 heteroatoms. The van der Waals surface area contributed by atoms with E-state index in [2.05, 4.69) is 34.6 Å². The molecule has 4 aliphatic rings. The average Bonchev–Trinajstić information content (AvgIpc) is 3.06. The summed E-state index contributed by atoms with van der Waals surface area (Å²) in [6.45, 7) is 12.4. The Hall–Kier alpha value is -0.570. The SMILES string of the molecule is CC(C)CCC[C@@H](C)C1CCC2C3CCC4CC(O)CCC4(C)C3CCC21C.O=CO. The molecule has 0 saturated heterocycles. The van der Waals surface area contributed by atoms with Gasteiger partial charge in [0.05, 0.1) is 6.10 Å². The second-order valence-electron chi connectivity index (χ2n) is 12.7. The molecule has 0 aromatic rings. The third-order valence-electron chi connectivity index (χ3n) is 10.8. The van der Waals surface area contributed by atoms with E-state index in [1.807, 2.05) is 0 Å². The maximum absolute atomic E-state index is 10.3. The highest BCUT2D eigenvalue weighted by atomic mass is 16.3. The summed E-state index contributed by atoms with van der Waals surface area (Å²) in [7, 11) is 0. The van der Waals surface area contributed by atoms with E-state index in [0.29, 0.717) is 10.8 Å².